The van der Waals surface area contributed by atoms with Crippen LogP contribution in [-0.4, -0.2) is 84.7 Å². The van der Waals surface area contributed by atoms with Gasteiger partial charge in [0.25, 0.3) is 0 Å². The van der Waals surface area contributed by atoms with Crippen molar-refractivity contribution < 1.29 is 38.2 Å². The number of aryl methyl sites for hydroxylation is 1. The first-order valence-electron chi connectivity index (χ1n) is 17.3. The fourth-order valence-corrected chi connectivity index (χ4v) is 6.51. The number of H-pyrrole nitrogens is 1. The van der Waals surface area contributed by atoms with Gasteiger partial charge in [-0.15, -0.1) is 0 Å². The SMILES string of the molecule is C=C1/C=C\CCCCC[C@H](NC(=O)OC2CCCC2)C(=O)N2CCCC2C(=O)NC1C(=O)OC.COC(=O)c1cc(=O)c2cccc(C)c2[nH]1. The van der Waals surface area contributed by atoms with E-state index < -0.39 is 42.1 Å². The van der Waals surface area contributed by atoms with Gasteiger partial charge in [0.15, 0.2) is 11.5 Å². The quantitative estimate of drug-likeness (QED) is 0.311. The monoisotopic (exact) mass is 692 g/mol. The molecule has 1 saturated carbocycles. The summed E-state index contributed by atoms with van der Waals surface area (Å²) in [6, 6.07) is 4.16. The summed E-state index contributed by atoms with van der Waals surface area (Å²) in [7, 11) is 2.54. The summed E-state index contributed by atoms with van der Waals surface area (Å²) >= 11 is 0. The number of hydrogen-bond acceptors (Lipinski definition) is 9. The number of para-hydroxylation sites is 1. The van der Waals surface area contributed by atoms with E-state index in [1.165, 1.54) is 25.2 Å². The molecule has 2 aliphatic heterocycles. The molecular formula is C37H48N4O9. The number of benzene rings is 1. The number of alkyl carbamates (subject to hydrolysis) is 1. The molecule has 13 heteroatoms. The van der Waals surface area contributed by atoms with Gasteiger partial charge in [0.1, 0.15) is 23.9 Å². The van der Waals surface area contributed by atoms with Gasteiger partial charge in [-0.05, 0) is 81.9 Å². The molecule has 0 radical (unpaired) electrons. The number of allylic oxidation sites excluding steroid dienone is 1. The van der Waals surface area contributed by atoms with Crippen LogP contribution in [0.15, 0.2) is 53.4 Å². The Labute approximate surface area is 291 Å². The minimum atomic E-state index is -1.02. The molecule has 2 aromatic rings. The van der Waals surface area contributed by atoms with Crippen LogP contribution >= 0.6 is 0 Å². The molecule has 5 rings (SSSR count). The predicted octanol–water partition coefficient (Wildman–Crippen LogP) is 4.37. The van der Waals surface area contributed by atoms with E-state index in [0.717, 1.165) is 56.9 Å². The number of carbonyl (C=O) groups excluding carboxylic acids is 5. The summed E-state index contributed by atoms with van der Waals surface area (Å²) < 4.78 is 14.9. The Morgan fingerprint density at radius 1 is 0.940 bits per heavy atom. The maximum Gasteiger partial charge on any atom is 0.408 e. The molecular weight excluding hydrogens is 644 g/mol. The van der Waals surface area contributed by atoms with Crippen molar-refractivity contribution in [2.24, 2.45) is 0 Å². The Balaban J connectivity index is 0.000000291. The molecule has 0 spiro atoms. The molecule has 3 heterocycles. The van der Waals surface area contributed by atoms with Crippen LogP contribution in [0, 0.1) is 6.92 Å². The number of carbonyl (C=O) groups is 5. The van der Waals surface area contributed by atoms with Gasteiger partial charge < -0.3 is 34.7 Å². The van der Waals surface area contributed by atoms with Crippen molar-refractivity contribution in [3.8, 4) is 0 Å². The topological polar surface area (TPSA) is 173 Å². The number of methoxy groups -OCH3 is 2. The van der Waals surface area contributed by atoms with Gasteiger partial charge in [0.2, 0.25) is 11.8 Å². The van der Waals surface area contributed by atoms with Crippen LogP contribution in [0.1, 0.15) is 86.7 Å². The Bertz CT molecular complexity index is 1660. The van der Waals surface area contributed by atoms with Crippen LogP contribution in [0.3, 0.4) is 0 Å². The number of fused-ring (bicyclic) bond motifs is 2. The third-order valence-corrected chi connectivity index (χ3v) is 9.27. The van der Waals surface area contributed by atoms with Crippen LogP contribution in [0.25, 0.3) is 10.9 Å². The Morgan fingerprint density at radius 3 is 2.40 bits per heavy atom. The van der Waals surface area contributed by atoms with Crippen molar-refractivity contribution in [3.63, 3.8) is 0 Å². The van der Waals surface area contributed by atoms with E-state index in [-0.39, 0.29) is 23.1 Å². The number of ether oxygens (including phenoxy) is 3. The Hall–Kier alpha value is -4.94. The Morgan fingerprint density at radius 2 is 1.68 bits per heavy atom. The van der Waals surface area contributed by atoms with E-state index in [0.29, 0.717) is 42.3 Å². The number of rotatable bonds is 4. The minimum absolute atomic E-state index is 0.0992. The summed E-state index contributed by atoms with van der Waals surface area (Å²) in [6.07, 6.45) is 11.7. The molecule has 50 heavy (non-hydrogen) atoms. The van der Waals surface area contributed by atoms with Gasteiger partial charge in [0.05, 0.1) is 19.7 Å². The molecule has 1 aliphatic carbocycles. The molecule has 1 saturated heterocycles. The van der Waals surface area contributed by atoms with Crippen molar-refractivity contribution in [3.05, 3.63) is 70.1 Å². The Kier molecular flexibility index (Phi) is 13.8. The van der Waals surface area contributed by atoms with Gasteiger partial charge >= 0.3 is 18.0 Å². The lowest BCUT2D eigenvalue weighted by Gasteiger charge is -2.29. The molecule has 1 aromatic heterocycles. The largest absolute Gasteiger partial charge is 0.467 e. The molecule has 3 atom stereocenters. The highest BCUT2D eigenvalue weighted by atomic mass is 16.6. The second-order valence-corrected chi connectivity index (χ2v) is 12.8. The summed E-state index contributed by atoms with van der Waals surface area (Å²) in [5, 5.41) is 6.06. The van der Waals surface area contributed by atoms with Crippen LogP contribution in [0.5, 0.6) is 0 Å². The lowest BCUT2D eigenvalue weighted by molar-refractivity contribution is -0.145. The normalized spacial score (nSPS) is 22.6. The summed E-state index contributed by atoms with van der Waals surface area (Å²) in [5.41, 5.74) is 2.02. The molecule has 270 valence electrons. The van der Waals surface area contributed by atoms with Crippen molar-refractivity contribution in [1.82, 2.24) is 20.5 Å². The van der Waals surface area contributed by atoms with Gasteiger partial charge in [-0.2, -0.15) is 0 Å². The summed E-state index contributed by atoms with van der Waals surface area (Å²) in [4.78, 5) is 78.9. The average molecular weight is 693 g/mol. The fourth-order valence-electron chi connectivity index (χ4n) is 6.51. The van der Waals surface area contributed by atoms with Crippen molar-refractivity contribution in [1.29, 1.82) is 0 Å². The highest BCUT2D eigenvalue weighted by Crippen LogP contribution is 2.23. The van der Waals surface area contributed by atoms with Crippen molar-refractivity contribution in [2.45, 2.75) is 102 Å². The molecule has 2 unspecified atom stereocenters. The third-order valence-electron chi connectivity index (χ3n) is 9.27. The number of amides is 3. The van der Waals surface area contributed by atoms with E-state index in [1.54, 1.807) is 12.1 Å². The molecule has 0 bridgehead atoms. The average Bonchev–Trinajstić information content (AvgIpc) is 3.81. The second-order valence-electron chi connectivity index (χ2n) is 12.8. The number of nitrogens with zero attached hydrogens (tertiary/aromatic N) is 1. The van der Waals surface area contributed by atoms with Crippen LogP contribution in [-0.2, 0) is 28.6 Å². The van der Waals surface area contributed by atoms with Gasteiger partial charge in [-0.3, -0.25) is 14.4 Å². The smallest absolute Gasteiger partial charge is 0.408 e. The van der Waals surface area contributed by atoms with E-state index in [2.05, 4.69) is 26.9 Å². The first-order valence-corrected chi connectivity index (χ1v) is 17.3. The third kappa shape index (κ3) is 9.82. The highest BCUT2D eigenvalue weighted by molar-refractivity contribution is 5.94. The highest BCUT2D eigenvalue weighted by Gasteiger charge is 2.39. The van der Waals surface area contributed by atoms with Gasteiger partial charge in [-0.1, -0.05) is 43.7 Å². The maximum atomic E-state index is 13.5. The number of pyridine rings is 1. The lowest BCUT2D eigenvalue weighted by Crippen LogP contribution is -2.55. The number of nitrogens with one attached hydrogen (secondary N) is 3. The predicted molar refractivity (Wildman–Crippen MR) is 186 cm³/mol. The first-order chi connectivity index (χ1) is 24.0. The zero-order valence-corrected chi connectivity index (χ0v) is 29.1. The van der Waals surface area contributed by atoms with Crippen LogP contribution < -0.4 is 16.1 Å². The van der Waals surface area contributed by atoms with Gasteiger partial charge in [0, 0.05) is 18.0 Å². The summed E-state index contributed by atoms with van der Waals surface area (Å²) in [6.45, 7) is 6.22. The van der Waals surface area contributed by atoms with Gasteiger partial charge in [-0.25, -0.2) is 14.4 Å². The van der Waals surface area contributed by atoms with E-state index in [4.69, 9.17) is 9.47 Å². The van der Waals surface area contributed by atoms with Crippen LogP contribution in [0.2, 0.25) is 0 Å². The van der Waals surface area contributed by atoms with Crippen molar-refractivity contribution in [2.75, 3.05) is 20.8 Å². The second kappa shape index (κ2) is 18.2. The maximum absolute atomic E-state index is 13.5. The van der Waals surface area contributed by atoms with E-state index in [1.807, 2.05) is 25.1 Å². The molecule has 3 aliphatic rings. The zero-order valence-electron chi connectivity index (χ0n) is 29.1. The van der Waals surface area contributed by atoms with Crippen molar-refractivity contribution >= 4 is 40.7 Å². The molecule has 1 aromatic carbocycles. The number of hydrogen-bond donors (Lipinski definition) is 3. The fraction of sp³-hybridized carbons (Fsp3) is 0.514. The first kappa shape index (κ1) is 37.9. The van der Waals surface area contributed by atoms with E-state index >= 15 is 0 Å². The number of esters is 2. The molecule has 13 nitrogen and oxygen atoms in total. The summed E-state index contributed by atoms with van der Waals surface area (Å²) in [5.74, 6) is -1.87. The minimum Gasteiger partial charge on any atom is -0.467 e. The molecule has 3 N–H and O–H groups in total. The number of aromatic amines is 1. The number of aromatic nitrogens is 1. The van der Waals surface area contributed by atoms with E-state index in [9.17, 15) is 28.8 Å². The zero-order chi connectivity index (χ0) is 36.2. The molecule has 2 fully saturated rings. The van der Waals surface area contributed by atoms with Crippen LogP contribution in [0.4, 0.5) is 4.79 Å². The standard InChI is InChI=1S/C25H37N3O6.C12H11NO3/c1-17-11-6-4-3-5-7-14-19(26-25(32)34-18-12-8-9-13-18)23(30)28-16-10-15-20(28)22(29)27-21(17)24(31)33-2;1-7-4-3-5-8-10(14)6-9(12(15)16-2)13-11(7)8/h6,11,18-21H,1,3-5,7-10,12-16H2,2H3,(H,26,32)(H,27,29);3-6H,1-2H3,(H,13,14)/b11-6-;/t19-,20?,21?;/m0./s1. The molecule has 3 amide bonds. The lowest BCUT2D eigenvalue weighted by atomic mass is 10.0.